The number of hydrogen-bond acceptors (Lipinski definition) is 2. The molecule has 1 aromatic heterocycles. The molecule has 0 radical (unpaired) electrons. The molecule has 6 aromatic carbocycles. The second kappa shape index (κ2) is 8.44. The minimum atomic E-state index is -1.51. The van der Waals surface area contributed by atoms with Gasteiger partial charge in [0.15, 0.2) is 0 Å². The highest BCUT2D eigenvalue weighted by Gasteiger charge is 2.27. The Hall–Kier alpha value is -4.64. The van der Waals surface area contributed by atoms with E-state index in [2.05, 4.69) is 114 Å². The predicted molar refractivity (Wildman–Crippen MR) is 162 cm³/mol. The Balaban J connectivity index is 1.46. The van der Waals surface area contributed by atoms with Crippen molar-refractivity contribution in [2.24, 2.45) is 0 Å². The van der Waals surface area contributed by atoms with Crippen LogP contribution in [0.25, 0.3) is 60.5 Å². The molecule has 4 heteroatoms. The summed E-state index contributed by atoms with van der Waals surface area (Å²) in [5, 5.41) is 25.2. The van der Waals surface area contributed by atoms with Crippen LogP contribution in [0.3, 0.4) is 0 Å². The highest BCUT2D eigenvalue weighted by molar-refractivity contribution is 6.60. The fourth-order valence-electron chi connectivity index (χ4n) is 6.57. The zero-order valence-electron chi connectivity index (χ0n) is 21.2. The van der Waals surface area contributed by atoms with Crippen LogP contribution in [0.1, 0.15) is 11.1 Å². The first-order valence-corrected chi connectivity index (χ1v) is 13.3. The fourth-order valence-corrected chi connectivity index (χ4v) is 6.57. The molecule has 39 heavy (non-hydrogen) atoms. The van der Waals surface area contributed by atoms with E-state index in [-0.39, 0.29) is 0 Å². The van der Waals surface area contributed by atoms with Crippen LogP contribution in [-0.2, 0) is 6.42 Å². The van der Waals surface area contributed by atoms with Gasteiger partial charge in [-0.15, -0.1) is 0 Å². The lowest BCUT2D eigenvalue weighted by Gasteiger charge is -2.14. The zero-order valence-corrected chi connectivity index (χ0v) is 21.2. The Kier molecular flexibility index (Phi) is 4.84. The van der Waals surface area contributed by atoms with Crippen molar-refractivity contribution in [3.05, 3.63) is 132 Å². The van der Waals surface area contributed by atoms with Crippen molar-refractivity contribution in [2.75, 3.05) is 0 Å². The van der Waals surface area contributed by atoms with E-state index in [1.807, 2.05) is 12.1 Å². The van der Waals surface area contributed by atoms with E-state index in [0.717, 1.165) is 39.9 Å². The van der Waals surface area contributed by atoms with Crippen LogP contribution in [0.5, 0.6) is 0 Å². The quantitative estimate of drug-likeness (QED) is 0.260. The summed E-state index contributed by atoms with van der Waals surface area (Å²) in [6, 6.07) is 42.6. The second-order valence-electron chi connectivity index (χ2n) is 10.4. The highest BCUT2D eigenvalue weighted by atomic mass is 16.4. The molecule has 0 amide bonds. The van der Waals surface area contributed by atoms with Gasteiger partial charge in [-0.2, -0.15) is 0 Å². The van der Waals surface area contributed by atoms with E-state index in [4.69, 9.17) is 0 Å². The van der Waals surface area contributed by atoms with Crippen molar-refractivity contribution in [3.8, 4) is 27.9 Å². The van der Waals surface area contributed by atoms with Gasteiger partial charge in [0.1, 0.15) is 0 Å². The molecule has 0 spiro atoms. The molecule has 0 aliphatic heterocycles. The molecule has 1 aliphatic rings. The molecule has 1 aliphatic carbocycles. The zero-order chi connectivity index (χ0) is 26.1. The summed E-state index contributed by atoms with van der Waals surface area (Å²) in [7, 11) is -1.51. The van der Waals surface area contributed by atoms with Crippen LogP contribution in [0.2, 0.25) is 0 Å². The van der Waals surface area contributed by atoms with Gasteiger partial charge < -0.3 is 14.6 Å². The number of hydrogen-bond donors (Lipinski definition) is 2. The minimum Gasteiger partial charge on any atom is -0.423 e. The Morgan fingerprint density at radius 1 is 0.564 bits per heavy atom. The van der Waals surface area contributed by atoms with E-state index in [0.29, 0.717) is 5.46 Å². The summed E-state index contributed by atoms with van der Waals surface area (Å²) in [5.41, 5.74) is 10.7. The average molecular weight is 501 g/mol. The van der Waals surface area contributed by atoms with Crippen molar-refractivity contribution >= 4 is 45.2 Å². The van der Waals surface area contributed by atoms with Gasteiger partial charge in [0.05, 0.1) is 11.0 Å². The molecule has 184 valence electrons. The van der Waals surface area contributed by atoms with Gasteiger partial charge in [0.2, 0.25) is 0 Å². The van der Waals surface area contributed by atoms with E-state index in [1.165, 1.54) is 38.1 Å². The molecular formula is C35H24BNO2. The van der Waals surface area contributed by atoms with Crippen LogP contribution in [0.4, 0.5) is 0 Å². The molecule has 0 unspecified atom stereocenters. The SMILES string of the molecule is OB(O)c1cccc2c1-c1cc(-c3cc4c(c5ccccc35)c3ccccc3n4-c3ccccc3)ccc1C2. The first-order valence-electron chi connectivity index (χ1n) is 13.3. The topological polar surface area (TPSA) is 45.4 Å². The minimum absolute atomic E-state index is 0.563. The van der Waals surface area contributed by atoms with Gasteiger partial charge in [-0.3, -0.25) is 0 Å². The Morgan fingerprint density at radius 3 is 2.13 bits per heavy atom. The Bertz CT molecular complexity index is 2080. The van der Waals surface area contributed by atoms with Crippen molar-refractivity contribution < 1.29 is 10.0 Å². The summed E-state index contributed by atoms with van der Waals surface area (Å²) in [6.45, 7) is 0. The molecule has 8 rings (SSSR count). The Labute approximate surface area is 226 Å². The monoisotopic (exact) mass is 501 g/mol. The van der Waals surface area contributed by atoms with Crippen molar-refractivity contribution in [1.29, 1.82) is 0 Å². The van der Waals surface area contributed by atoms with Gasteiger partial charge in [-0.25, -0.2) is 0 Å². The molecule has 0 fully saturated rings. The lowest BCUT2D eigenvalue weighted by Crippen LogP contribution is -2.31. The third kappa shape index (κ3) is 3.26. The second-order valence-corrected chi connectivity index (χ2v) is 10.4. The summed E-state index contributed by atoms with van der Waals surface area (Å²) in [4.78, 5) is 0. The third-order valence-corrected chi connectivity index (χ3v) is 8.23. The van der Waals surface area contributed by atoms with E-state index in [9.17, 15) is 10.0 Å². The summed E-state index contributed by atoms with van der Waals surface area (Å²) in [6.07, 6.45) is 0.799. The van der Waals surface area contributed by atoms with Gasteiger partial charge in [-0.1, -0.05) is 91.0 Å². The highest BCUT2D eigenvalue weighted by Crippen LogP contribution is 2.43. The van der Waals surface area contributed by atoms with Crippen LogP contribution < -0.4 is 5.46 Å². The van der Waals surface area contributed by atoms with Gasteiger partial charge in [0.25, 0.3) is 0 Å². The number of rotatable bonds is 3. The molecule has 0 bridgehead atoms. The summed E-state index contributed by atoms with van der Waals surface area (Å²) >= 11 is 0. The van der Waals surface area contributed by atoms with Crippen molar-refractivity contribution in [3.63, 3.8) is 0 Å². The van der Waals surface area contributed by atoms with Crippen molar-refractivity contribution in [1.82, 2.24) is 4.57 Å². The first kappa shape index (κ1) is 22.4. The fraction of sp³-hybridized carbons (Fsp3) is 0.0286. The maximum atomic E-state index is 10.1. The molecule has 0 saturated carbocycles. The predicted octanol–water partition coefficient (Wildman–Crippen LogP) is 6.85. The standard InChI is InChI=1S/C35H24BNO2/c38-36(39)31-15-8-9-24-19-22-17-18-23(20-30(22)34(24)31)29-21-33-35(27-13-5-4-12-26(27)29)28-14-6-7-16-32(28)37(33)25-10-2-1-3-11-25/h1-18,20-21,38-39H,19H2. The molecule has 3 nitrogen and oxygen atoms in total. The largest absolute Gasteiger partial charge is 0.489 e. The van der Waals surface area contributed by atoms with E-state index < -0.39 is 7.12 Å². The average Bonchev–Trinajstić information content (AvgIpc) is 3.52. The maximum absolute atomic E-state index is 10.1. The molecule has 0 saturated heterocycles. The van der Waals surface area contributed by atoms with Crippen LogP contribution >= 0.6 is 0 Å². The smallest absolute Gasteiger partial charge is 0.423 e. The molecule has 0 atom stereocenters. The van der Waals surface area contributed by atoms with E-state index >= 15 is 0 Å². The van der Waals surface area contributed by atoms with Crippen LogP contribution in [-0.4, -0.2) is 21.7 Å². The molecular weight excluding hydrogens is 477 g/mol. The molecule has 2 N–H and O–H groups in total. The van der Waals surface area contributed by atoms with Gasteiger partial charge in [0, 0.05) is 16.5 Å². The summed E-state index contributed by atoms with van der Waals surface area (Å²) in [5.74, 6) is 0. The lowest BCUT2D eigenvalue weighted by atomic mass is 9.75. The van der Waals surface area contributed by atoms with Crippen LogP contribution in [0, 0.1) is 0 Å². The number of benzene rings is 6. The number of fused-ring (bicyclic) bond motifs is 8. The van der Waals surface area contributed by atoms with Gasteiger partial charge >= 0.3 is 7.12 Å². The number of para-hydroxylation sites is 2. The number of aromatic nitrogens is 1. The lowest BCUT2D eigenvalue weighted by molar-refractivity contribution is 0.426. The normalized spacial score (nSPS) is 12.3. The van der Waals surface area contributed by atoms with E-state index in [1.54, 1.807) is 0 Å². The van der Waals surface area contributed by atoms with Crippen LogP contribution in [0.15, 0.2) is 121 Å². The molecule has 1 heterocycles. The maximum Gasteiger partial charge on any atom is 0.489 e. The van der Waals surface area contributed by atoms with Gasteiger partial charge in [-0.05, 0) is 86.4 Å². The molecule has 7 aromatic rings. The Morgan fingerprint density at radius 2 is 1.31 bits per heavy atom. The number of nitrogens with zero attached hydrogens (tertiary/aromatic N) is 1. The van der Waals surface area contributed by atoms with Crippen molar-refractivity contribution in [2.45, 2.75) is 6.42 Å². The first-order chi connectivity index (χ1) is 19.2. The third-order valence-electron chi connectivity index (χ3n) is 8.23. The summed E-state index contributed by atoms with van der Waals surface area (Å²) < 4.78 is 2.36.